The quantitative estimate of drug-likeness (QED) is 0.426. The Bertz CT molecular complexity index is 1130. The van der Waals surface area contributed by atoms with Crippen molar-refractivity contribution in [2.75, 3.05) is 24.7 Å². The molecule has 160 valence electrons. The smallest absolute Gasteiger partial charge is 0.287 e. The molecule has 2 bridgehead atoms. The summed E-state index contributed by atoms with van der Waals surface area (Å²) >= 11 is 0. The number of Topliss-reactive ketones (excluding diaryl/α,β-unsaturated/α-hetero) is 1. The zero-order valence-electron chi connectivity index (χ0n) is 16.6. The number of amides is 3. The molecule has 3 aliphatic heterocycles. The molecule has 0 radical (unpaired) electrons. The van der Waals surface area contributed by atoms with E-state index in [0.717, 1.165) is 22.6 Å². The molecular weight excluding hydrogens is 411 g/mol. The van der Waals surface area contributed by atoms with Crippen LogP contribution in [0, 0.1) is 6.92 Å². The average Bonchev–Trinajstić information content (AvgIpc) is 3.35. The molecule has 6 nitrogen and oxygen atoms in total. The summed E-state index contributed by atoms with van der Waals surface area (Å²) in [5, 5.41) is 0. The third-order valence-corrected chi connectivity index (χ3v) is 6.50. The van der Waals surface area contributed by atoms with Crippen molar-refractivity contribution in [3.63, 3.8) is 0 Å². The van der Waals surface area contributed by atoms with Crippen LogP contribution in [0.15, 0.2) is 48.5 Å². The second kappa shape index (κ2) is 6.48. The normalized spacial score (nSPS) is 29.5. The highest BCUT2D eigenvalue weighted by Gasteiger charge is 2.73. The number of imide groups is 1. The van der Waals surface area contributed by atoms with Gasteiger partial charge >= 0.3 is 12.2 Å². The zero-order valence-corrected chi connectivity index (χ0v) is 16.6. The highest BCUT2D eigenvalue weighted by Crippen LogP contribution is 2.44. The number of quaternary nitrogens is 1. The second-order valence-electron chi connectivity index (χ2n) is 8.38. The minimum Gasteiger partial charge on any atom is -0.287 e. The number of carbonyl (C=O) groups excluding carboxylic acids is 3. The summed E-state index contributed by atoms with van der Waals surface area (Å²) < 4.78 is 39.1. The minimum atomic E-state index is -4.60. The van der Waals surface area contributed by atoms with Gasteiger partial charge in [0.2, 0.25) is 5.78 Å². The first-order chi connectivity index (χ1) is 14.6. The Balaban J connectivity index is 1.55. The lowest BCUT2D eigenvalue weighted by atomic mass is 9.98. The third kappa shape index (κ3) is 2.76. The van der Waals surface area contributed by atoms with Crippen LogP contribution < -0.4 is 4.90 Å². The number of aryl methyl sites for hydroxylation is 1. The van der Waals surface area contributed by atoms with Crippen LogP contribution in [0.2, 0.25) is 0 Å². The number of fused-ring (bicyclic) bond motifs is 1. The Labute approximate surface area is 176 Å². The van der Waals surface area contributed by atoms with Crippen LogP contribution in [0.3, 0.4) is 0 Å². The van der Waals surface area contributed by atoms with E-state index in [4.69, 9.17) is 0 Å². The van der Waals surface area contributed by atoms with E-state index < -0.39 is 35.8 Å². The van der Waals surface area contributed by atoms with Gasteiger partial charge in [0.25, 0.3) is 5.91 Å². The van der Waals surface area contributed by atoms with Gasteiger partial charge in [-0.3, -0.25) is 9.59 Å². The van der Waals surface area contributed by atoms with Gasteiger partial charge in [0.1, 0.15) is 6.67 Å². The number of hydrogen-bond acceptors (Lipinski definition) is 4. The topological polar surface area (TPSA) is 57.7 Å². The van der Waals surface area contributed by atoms with E-state index in [-0.39, 0.29) is 22.6 Å². The number of hydrogen-bond donors (Lipinski definition) is 0. The molecule has 9 heteroatoms. The fraction of sp³-hybridized carbons (Fsp3) is 0.318. The number of carbonyl (C=O) groups is 3. The maximum Gasteiger partial charge on any atom is 0.433 e. The van der Waals surface area contributed by atoms with Crippen molar-refractivity contribution in [3.05, 3.63) is 65.2 Å². The number of ketones is 1. The Kier molecular flexibility index (Phi) is 4.16. The molecule has 0 aliphatic carbocycles. The number of urea groups is 1. The summed E-state index contributed by atoms with van der Waals surface area (Å²) in [5.41, 5.74) is 0.304. The average molecular weight is 430 g/mol. The Morgan fingerprint density at radius 3 is 2.52 bits per heavy atom. The first-order valence-corrected chi connectivity index (χ1v) is 9.89. The number of anilines is 1. The molecule has 31 heavy (non-hydrogen) atoms. The molecule has 0 N–H and O–H groups in total. The van der Waals surface area contributed by atoms with Crippen LogP contribution >= 0.6 is 0 Å². The van der Waals surface area contributed by atoms with Crippen LogP contribution in [-0.4, -0.2) is 58.9 Å². The summed E-state index contributed by atoms with van der Waals surface area (Å²) in [6, 6.07) is 9.02. The van der Waals surface area contributed by atoms with Crippen molar-refractivity contribution in [3.8, 4) is 0 Å². The third-order valence-electron chi connectivity index (χ3n) is 6.50. The van der Waals surface area contributed by atoms with Gasteiger partial charge in [-0.05, 0) is 31.2 Å². The van der Waals surface area contributed by atoms with Crippen LogP contribution in [0.4, 0.5) is 23.7 Å². The van der Waals surface area contributed by atoms with Gasteiger partial charge in [0, 0.05) is 5.56 Å². The fourth-order valence-corrected chi connectivity index (χ4v) is 5.09. The van der Waals surface area contributed by atoms with Crippen molar-refractivity contribution in [2.45, 2.75) is 25.2 Å². The van der Waals surface area contributed by atoms with Crippen LogP contribution in [0.1, 0.15) is 21.5 Å². The molecule has 3 amide bonds. The summed E-state index contributed by atoms with van der Waals surface area (Å²) in [5.74, 6) is -0.795. The van der Waals surface area contributed by atoms with Crippen molar-refractivity contribution in [1.29, 1.82) is 0 Å². The van der Waals surface area contributed by atoms with Crippen molar-refractivity contribution < 1.29 is 32.0 Å². The molecule has 0 saturated carbocycles. The van der Waals surface area contributed by atoms with Gasteiger partial charge in [0.15, 0.2) is 12.1 Å². The predicted molar refractivity (Wildman–Crippen MR) is 104 cm³/mol. The van der Waals surface area contributed by atoms with Crippen molar-refractivity contribution in [2.24, 2.45) is 0 Å². The lowest BCUT2D eigenvalue weighted by Gasteiger charge is -2.32. The van der Waals surface area contributed by atoms with Gasteiger partial charge in [-0.25, -0.2) is 14.2 Å². The maximum atomic E-state index is 13.6. The Morgan fingerprint density at radius 2 is 1.81 bits per heavy atom. The van der Waals surface area contributed by atoms with Crippen molar-refractivity contribution >= 4 is 23.4 Å². The van der Waals surface area contributed by atoms with Crippen LogP contribution in [0.5, 0.6) is 0 Å². The van der Waals surface area contributed by atoms with E-state index in [2.05, 4.69) is 0 Å². The van der Waals surface area contributed by atoms with E-state index in [1.54, 1.807) is 18.2 Å². The molecule has 0 aromatic heterocycles. The maximum absolute atomic E-state index is 13.6. The molecule has 3 fully saturated rings. The standard InChI is InChI=1S/C22H19F3N3O3/c1-13-4-2-5-14(8-13)19(29)17-10-26-11-18-20(30)27(21(31)28(17,18)12-26)16-7-3-6-15(9-16)22(23,24)25/h2-9,17-18H,10-12H2,1H3/q+1. The fourth-order valence-electron chi connectivity index (χ4n) is 5.09. The van der Waals surface area contributed by atoms with Gasteiger partial charge < -0.3 is 0 Å². The van der Waals surface area contributed by atoms with Crippen LogP contribution in [-0.2, 0) is 11.0 Å². The van der Waals surface area contributed by atoms with Crippen LogP contribution in [0.25, 0.3) is 0 Å². The van der Waals surface area contributed by atoms with Gasteiger partial charge in [-0.2, -0.15) is 18.1 Å². The summed E-state index contributed by atoms with van der Waals surface area (Å²) in [6.45, 7) is 2.69. The molecule has 1 spiro atoms. The Morgan fingerprint density at radius 1 is 1.06 bits per heavy atom. The van der Waals surface area contributed by atoms with Gasteiger partial charge in [0.05, 0.1) is 24.3 Å². The van der Waals surface area contributed by atoms with E-state index >= 15 is 0 Å². The number of rotatable bonds is 3. The lowest BCUT2D eigenvalue weighted by molar-refractivity contribution is -0.852. The molecule has 5 rings (SSSR count). The van der Waals surface area contributed by atoms with Gasteiger partial charge in [-0.1, -0.05) is 29.8 Å². The van der Waals surface area contributed by atoms with Gasteiger partial charge in [-0.15, -0.1) is 0 Å². The number of nitrogens with zero attached hydrogens (tertiary/aromatic N) is 3. The van der Waals surface area contributed by atoms with E-state index in [1.807, 2.05) is 17.9 Å². The van der Waals surface area contributed by atoms with E-state index in [9.17, 15) is 27.6 Å². The molecule has 2 aromatic carbocycles. The first kappa shape index (κ1) is 19.9. The molecule has 3 unspecified atom stereocenters. The molecule has 3 heterocycles. The van der Waals surface area contributed by atoms with E-state index in [0.29, 0.717) is 18.7 Å². The summed E-state index contributed by atoms with van der Waals surface area (Å²) in [4.78, 5) is 42.8. The minimum absolute atomic E-state index is 0.119. The number of piperazine rings is 1. The first-order valence-electron chi connectivity index (χ1n) is 9.89. The SMILES string of the molecule is Cc1cccc(C(=O)C2C[N@@]3CC4C(=O)N(c5cccc(C(F)(F)F)c5)C(=O)[N+]24C3)c1. The zero-order chi connectivity index (χ0) is 22.1. The molecule has 4 atom stereocenters. The predicted octanol–water partition coefficient (Wildman–Crippen LogP) is 3.20. The highest BCUT2D eigenvalue weighted by atomic mass is 19.4. The molecule has 3 aliphatic rings. The summed E-state index contributed by atoms with van der Waals surface area (Å²) in [6.07, 6.45) is -4.60. The lowest BCUT2D eigenvalue weighted by Crippen LogP contribution is -2.62. The molecule has 3 saturated heterocycles. The number of halogens is 3. The van der Waals surface area contributed by atoms with E-state index in [1.165, 1.54) is 12.1 Å². The number of benzene rings is 2. The largest absolute Gasteiger partial charge is 0.433 e. The second-order valence-corrected chi connectivity index (χ2v) is 8.38. The monoisotopic (exact) mass is 430 g/mol. The molecule has 2 aromatic rings. The Hall–Kier alpha value is -3.04. The molecular formula is C22H19F3N3O3+. The number of alkyl halides is 3. The summed E-state index contributed by atoms with van der Waals surface area (Å²) in [7, 11) is 0. The highest BCUT2D eigenvalue weighted by molar-refractivity contribution is 6.19. The van der Waals surface area contributed by atoms with Crippen molar-refractivity contribution in [1.82, 2.24) is 4.90 Å².